The van der Waals surface area contributed by atoms with Gasteiger partial charge in [0.1, 0.15) is 18.1 Å². The number of esters is 2. The van der Waals surface area contributed by atoms with Crippen LogP contribution in [0.4, 0.5) is 5.69 Å². The minimum atomic E-state index is -0.633. The van der Waals surface area contributed by atoms with E-state index in [1.54, 1.807) is 19.2 Å². The lowest BCUT2D eigenvalue weighted by molar-refractivity contribution is -0.203. The lowest BCUT2D eigenvalue weighted by Crippen LogP contribution is -2.49. The van der Waals surface area contributed by atoms with Crippen molar-refractivity contribution < 1.29 is 39.3 Å². The van der Waals surface area contributed by atoms with E-state index in [4.69, 9.17) is 14.2 Å². The van der Waals surface area contributed by atoms with Crippen LogP contribution in [0.15, 0.2) is 78.9 Å². The minimum absolute atomic E-state index is 0.0929. The molecule has 3 aromatic carbocycles. The first-order valence-electron chi connectivity index (χ1n) is 22.0. The molecule has 10 rings (SSSR count). The first-order valence-corrected chi connectivity index (χ1v) is 22.0. The van der Waals surface area contributed by atoms with Crippen LogP contribution in [-0.2, 0) is 30.2 Å². The quantitative estimate of drug-likeness (QED) is 0.0878. The fourth-order valence-corrected chi connectivity index (χ4v) is 12.4. The number of nitrogens with one attached hydrogen (secondary N) is 1. The highest BCUT2D eigenvalue weighted by molar-refractivity contribution is 6.19. The molecule has 7 atom stereocenters. The molecule has 2 saturated heterocycles. The molecule has 324 valence electrons. The third-order valence-electron chi connectivity index (χ3n) is 15.1. The number of anilines is 1. The Morgan fingerprint density at radius 1 is 0.758 bits per heavy atom. The van der Waals surface area contributed by atoms with E-state index in [0.717, 1.165) is 69.9 Å². The van der Waals surface area contributed by atoms with Gasteiger partial charge in [-0.3, -0.25) is 0 Å². The average molecular weight is 842 g/mol. The van der Waals surface area contributed by atoms with Gasteiger partial charge in [-0.2, -0.15) is 10.1 Å². The molecule has 5 aromatic rings. The van der Waals surface area contributed by atoms with E-state index in [1.807, 2.05) is 42.5 Å². The van der Waals surface area contributed by atoms with Crippen molar-refractivity contribution in [1.29, 1.82) is 0 Å². The number of carbonyl (C=O) groups is 2. The molecule has 13 heteroatoms. The monoisotopic (exact) mass is 841 g/mol. The molecule has 2 aromatic heterocycles. The molecule has 0 aliphatic carbocycles. The molecule has 2 fully saturated rings. The highest BCUT2D eigenvalue weighted by atomic mass is 16.5. The second kappa shape index (κ2) is 15.1. The highest BCUT2D eigenvalue weighted by Gasteiger charge is 2.53. The van der Waals surface area contributed by atoms with Crippen LogP contribution in [0.25, 0.3) is 33.0 Å². The number of benzene rings is 3. The predicted molar refractivity (Wildman–Crippen MR) is 235 cm³/mol. The zero-order valence-corrected chi connectivity index (χ0v) is 35.9. The van der Waals surface area contributed by atoms with E-state index in [1.165, 1.54) is 24.3 Å². The number of methoxy groups -OCH3 is 3. The standard InChI is InChI=1S/C49H55N5O8/c1-6-48-20-12-22-51(58)46(48)53-37-16-10-8-14-29(37)31(41(53)33(26-48)44(56)61-4)25-36-40(43(60-3)32-24-28(55)18-19-35(32)50-36)39-30-15-9-11-17-38(30)54-42(39)34(45(57)62-5)27-49(7-2)21-13-23-52(59)47(49)54/h8-11,14-19,24,26-27,36,40,43,46-47,50,55,58-59H,6-7,12-13,20-23,25H2,1-5H3/t36-,40+,43?,46+,47+,48-,49-/m0/s1. The van der Waals surface area contributed by atoms with Gasteiger partial charge in [-0.25, -0.2) is 9.59 Å². The van der Waals surface area contributed by atoms with Crippen LogP contribution in [0.1, 0.15) is 105 Å². The second-order valence-electron chi connectivity index (χ2n) is 17.8. The Morgan fingerprint density at radius 2 is 1.31 bits per heavy atom. The molecule has 0 radical (unpaired) electrons. The van der Waals surface area contributed by atoms with Gasteiger partial charge in [0, 0.05) is 65.0 Å². The molecule has 5 aliphatic heterocycles. The topological polar surface area (TPSA) is 151 Å². The summed E-state index contributed by atoms with van der Waals surface area (Å²) in [4.78, 5) is 28.4. The van der Waals surface area contributed by atoms with Gasteiger partial charge < -0.3 is 44.2 Å². The number of hydrogen-bond acceptors (Lipinski definition) is 11. The normalized spacial score (nSPS) is 28.1. The van der Waals surface area contributed by atoms with Crippen molar-refractivity contribution in [2.45, 2.75) is 89.2 Å². The summed E-state index contributed by atoms with van der Waals surface area (Å²) >= 11 is 0. The smallest absolute Gasteiger partial charge is 0.339 e. The SMILES string of the molecule is CC[C@]12C=C(C(=O)OC)c3c(C[C@@H]4Nc5ccc(O)cc5C(OC)[C@H]4c4c5n(c6ccccc46)[C@H]4N(O)CCC[C@@]4(CC)C=C5C(=O)OC)c4ccccc4n3[C@H]1N(O)CCC2. The highest BCUT2D eigenvalue weighted by Crippen LogP contribution is 2.59. The minimum Gasteiger partial charge on any atom is -0.508 e. The molecular formula is C49H55N5O8. The third-order valence-corrected chi connectivity index (χ3v) is 15.1. The molecule has 4 N–H and O–H groups in total. The average Bonchev–Trinajstić information content (AvgIpc) is 3.80. The number of fused-ring (bicyclic) bond motifs is 11. The number of aromatic nitrogens is 2. The number of para-hydroxylation sites is 2. The summed E-state index contributed by atoms with van der Waals surface area (Å²) in [6.45, 7) is 5.19. The fraction of sp³-hybridized carbons (Fsp3) is 0.429. The maximum absolute atomic E-state index is 14.3. The number of nitrogens with zero attached hydrogens (tertiary/aromatic N) is 4. The number of hydrogen-bond donors (Lipinski definition) is 4. The summed E-state index contributed by atoms with van der Waals surface area (Å²) in [6.07, 6.45) is 7.41. The third kappa shape index (κ3) is 5.71. The summed E-state index contributed by atoms with van der Waals surface area (Å²) < 4.78 is 22.0. The summed E-state index contributed by atoms with van der Waals surface area (Å²) in [5, 5.41) is 43.2. The second-order valence-corrected chi connectivity index (χ2v) is 17.8. The van der Waals surface area contributed by atoms with Crippen LogP contribution in [0.3, 0.4) is 0 Å². The Bertz CT molecular complexity index is 2700. The molecule has 1 unspecified atom stereocenters. The Hall–Kier alpha value is -5.44. The Balaban J connectivity index is 1.26. The van der Waals surface area contributed by atoms with Crippen molar-refractivity contribution in [3.8, 4) is 5.75 Å². The van der Waals surface area contributed by atoms with Crippen LogP contribution in [-0.4, -0.2) is 87.2 Å². The van der Waals surface area contributed by atoms with Gasteiger partial charge in [0.15, 0.2) is 0 Å². The van der Waals surface area contributed by atoms with E-state index in [2.05, 4.69) is 52.6 Å². The number of rotatable bonds is 8. The zero-order valence-electron chi connectivity index (χ0n) is 35.9. The van der Waals surface area contributed by atoms with E-state index in [0.29, 0.717) is 54.9 Å². The maximum atomic E-state index is 14.3. The van der Waals surface area contributed by atoms with Crippen molar-refractivity contribution in [3.63, 3.8) is 0 Å². The van der Waals surface area contributed by atoms with Crippen molar-refractivity contribution in [1.82, 2.24) is 19.3 Å². The van der Waals surface area contributed by atoms with Gasteiger partial charge in [0.25, 0.3) is 0 Å². The number of aromatic hydroxyl groups is 1. The van der Waals surface area contributed by atoms with Crippen molar-refractivity contribution in [2.24, 2.45) is 10.8 Å². The largest absolute Gasteiger partial charge is 0.508 e. The number of carbonyl (C=O) groups excluding carboxylic acids is 2. The van der Waals surface area contributed by atoms with Gasteiger partial charge in [0.05, 0.1) is 53.9 Å². The summed E-state index contributed by atoms with van der Waals surface area (Å²) in [6, 6.07) is 21.0. The van der Waals surface area contributed by atoms with E-state index < -0.39 is 53.2 Å². The van der Waals surface area contributed by atoms with Gasteiger partial charge in [-0.15, -0.1) is 0 Å². The number of ether oxygens (including phenoxy) is 3. The van der Waals surface area contributed by atoms with Crippen LogP contribution < -0.4 is 5.32 Å². The summed E-state index contributed by atoms with van der Waals surface area (Å²) in [5.74, 6) is -1.34. The fourth-order valence-electron chi connectivity index (χ4n) is 12.4. The first-order chi connectivity index (χ1) is 30.0. The summed E-state index contributed by atoms with van der Waals surface area (Å²) in [7, 11) is 4.49. The van der Waals surface area contributed by atoms with E-state index in [-0.39, 0.29) is 5.75 Å². The molecule has 5 aliphatic rings. The molecule has 0 amide bonds. The van der Waals surface area contributed by atoms with Gasteiger partial charge in [-0.05, 0) is 86.4 Å². The van der Waals surface area contributed by atoms with Crippen LogP contribution >= 0.6 is 0 Å². The maximum Gasteiger partial charge on any atom is 0.339 e. The Labute approximate surface area is 360 Å². The molecule has 0 bridgehead atoms. The van der Waals surface area contributed by atoms with Crippen LogP contribution in [0, 0.1) is 10.8 Å². The molecule has 7 heterocycles. The number of phenols is 1. The van der Waals surface area contributed by atoms with Gasteiger partial charge in [0.2, 0.25) is 0 Å². The van der Waals surface area contributed by atoms with Gasteiger partial charge in [-0.1, -0.05) is 62.4 Å². The number of piperidine rings is 2. The van der Waals surface area contributed by atoms with Crippen molar-refractivity contribution in [2.75, 3.05) is 39.7 Å². The number of phenolic OH excluding ortho intramolecular Hbond substituents is 1. The lowest BCUT2D eigenvalue weighted by Gasteiger charge is -2.50. The Kier molecular flexibility index (Phi) is 9.91. The first kappa shape index (κ1) is 40.6. The molecular weight excluding hydrogens is 787 g/mol. The molecule has 62 heavy (non-hydrogen) atoms. The van der Waals surface area contributed by atoms with Crippen LogP contribution in [0.5, 0.6) is 5.75 Å². The summed E-state index contributed by atoms with van der Waals surface area (Å²) in [5.41, 5.74) is 6.23. The Morgan fingerprint density at radius 3 is 1.89 bits per heavy atom. The number of hydroxylamine groups is 4. The van der Waals surface area contributed by atoms with Crippen molar-refractivity contribution >= 4 is 50.6 Å². The zero-order chi connectivity index (χ0) is 43.2. The van der Waals surface area contributed by atoms with Crippen LogP contribution in [0.2, 0.25) is 0 Å². The van der Waals surface area contributed by atoms with E-state index in [9.17, 15) is 25.1 Å². The molecule has 0 saturated carbocycles. The van der Waals surface area contributed by atoms with Gasteiger partial charge >= 0.3 is 11.9 Å². The van der Waals surface area contributed by atoms with Crippen molar-refractivity contribution in [3.05, 3.63) is 107 Å². The predicted octanol–water partition coefficient (Wildman–Crippen LogP) is 8.71. The molecule has 0 spiro atoms. The lowest BCUT2D eigenvalue weighted by atomic mass is 9.70. The van der Waals surface area contributed by atoms with E-state index >= 15 is 0 Å². The molecule has 13 nitrogen and oxygen atoms in total.